The average molecular weight is 384 g/mol. The second-order valence-corrected chi connectivity index (χ2v) is 6.18. The van der Waals surface area contributed by atoms with Gasteiger partial charge in [-0.25, -0.2) is 0 Å². The Morgan fingerprint density at radius 3 is 2.03 bits per heavy atom. The largest absolute Gasteiger partial charge is 0.384 e. The standard InChI is InChI=1S/C24H21N5/c1-2-25-23-17-12-18-8-6-7-11-22(18)24(23)29-28-21-15-13-20(14-16-21)27-26-19-9-4-3-5-10-19/h3-17,25H,2H2,1H3/i1D3,2D2. The van der Waals surface area contributed by atoms with Crippen LogP contribution in [-0.4, -0.2) is 6.50 Å². The van der Waals surface area contributed by atoms with Crippen molar-refractivity contribution in [2.75, 3.05) is 11.8 Å². The number of nitrogens with one attached hydrogen (secondary N) is 1. The lowest BCUT2D eigenvalue weighted by atomic mass is 10.1. The first-order valence-corrected chi connectivity index (χ1v) is 9.01. The van der Waals surface area contributed by atoms with Gasteiger partial charge >= 0.3 is 0 Å². The van der Waals surface area contributed by atoms with Crippen molar-refractivity contribution in [1.82, 2.24) is 0 Å². The molecule has 0 atom stereocenters. The van der Waals surface area contributed by atoms with E-state index in [1.165, 1.54) is 0 Å². The minimum Gasteiger partial charge on any atom is -0.384 e. The van der Waals surface area contributed by atoms with Gasteiger partial charge in [-0.1, -0.05) is 48.5 Å². The number of nitrogens with zero attached hydrogens (tertiary/aromatic N) is 4. The Kier molecular flexibility index (Phi) is 4.09. The number of anilines is 1. The van der Waals surface area contributed by atoms with Crippen LogP contribution in [0.5, 0.6) is 0 Å². The highest BCUT2D eigenvalue weighted by Crippen LogP contribution is 2.35. The number of azo groups is 2. The lowest BCUT2D eigenvalue weighted by molar-refractivity contribution is 1.19. The summed E-state index contributed by atoms with van der Waals surface area (Å²) < 4.78 is 38.4. The number of benzene rings is 4. The van der Waals surface area contributed by atoms with Crippen molar-refractivity contribution in [1.29, 1.82) is 0 Å². The number of hydrogen-bond acceptors (Lipinski definition) is 5. The van der Waals surface area contributed by atoms with Crippen LogP contribution in [0.15, 0.2) is 111 Å². The van der Waals surface area contributed by atoms with Crippen LogP contribution >= 0.6 is 0 Å². The molecule has 1 N–H and O–H groups in total. The van der Waals surface area contributed by atoms with Gasteiger partial charge in [0.1, 0.15) is 5.69 Å². The van der Waals surface area contributed by atoms with Gasteiger partial charge in [-0.2, -0.15) is 15.3 Å². The molecule has 0 aromatic heterocycles. The fraction of sp³-hybridized carbons (Fsp3) is 0.0833. The number of fused-ring (bicyclic) bond motifs is 1. The quantitative estimate of drug-likeness (QED) is 0.335. The Bertz CT molecular complexity index is 1330. The van der Waals surface area contributed by atoms with E-state index in [-0.39, 0.29) is 5.69 Å². The molecule has 0 heterocycles. The lowest BCUT2D eigenvalue weighted by Crippen LogP contribution is -1.96. The summed E-state index contributed by atoms with van der Waals surface area (Å²) in [5.41, 5.74) is 2.53. The molecule has 0 aliphatic carbocycles. The molecule has 0 spiro atoms. The second kappa shape index (κ2) is 8.89. The van der Waals surface area contributed by atoms with Gasteiger partial charge in [0, 0.05) is 18.7 Å². The molecule has 0 amide bonds. The first kappa shape index (κ1) is 13.3. The van der Waals surface area contributed by atoms with Crippen LogP contribution < -0.4 is 5.32 Å². The van der Waals surface area contributed by atoms with Crippen molar-refractivity contribution in [3.05, 3.63) is 91.0 Å². The molecule has 0 saturated heterocycles. The predicted molar refractivity (Wildman–Crippen MR) is 119 cm³/mol. The molecule has 4 aromatic carbocycles. The van der Waals surface area contributed by atoms with Crippen molar-refractivity contribution >= 4 is 39.2 Å². The zero-order valence-corrected chi connectivity index (χ0v) is 15.4. The Hall–Kier alpha value is -3.86. The van der Waals surface area contributed by atoms with Crippen molar-refractivity contribution < 1.29 is 6.85 Å². The molecular formula is C24H21N5. The van der Waals surface area contributed by atoms with E-state index in [9.17, 15) is 0 Å². The zero-order valence-electron chi connectivity index (χ0n) is 20.4. The predicted octanol–water partition coefficient (Wildman–Crippen LogP) is 8.10. The summed E-state index contributed by atoms with van der Waals surface area (Å²) in [6.45, 7) is -5.51. The van der Waals surface area contributed by atoms with E-state index in [1.54, 1.807) is 36.4 Å². The highest BCUT2D eigenvalue weighted by molar-refractivity contribution is 5.98. The molecule has 0 aliphatic heterocycles. The van der Waals surface area contributed by atoms with E-state index < -0.39 is 13.3 Å². The van der Waals surface area contributed by atoms with Gasteiger partial charge in [0.15, 0.2) is 0 Å². The maximum Gasteiger partial charge on any atom is 0.117 e. The third-order valence-electron chi connectivity index (χ3n) is 4.25. The van der Waals surface area contributed by atoms with E-state index >= 15 is 0 Å². The molecule has 29 heavy (non-hydrogen) atoms. The fourth-order valence-electron chi connectivity index (χ4n) is 2.83. The Morgan fingerprint density at radius 1 is 0.690 bits per heavy atom. The smallest absolute Gasteiger partial charge is 0.117 e. The molecule has 5 heteroatoms. The van der Waals surface area contributed by atoms with Gasteiger partial charge in [-0.3, -0.25) is 0 Å². The van der Waals surface area contributed by atoms with Crippen LogP contribution in [0.25, 0.3) is 10.8 Å². The maximum absolute atomic E-state index is 7.94. The van der Waals surface area contributed by atoms with Crippen molar-refractivity contribution in [2.24, 2.45) is 20.5 Å². The highest BCUT2D eigenvalue weighted by atomic mass is 15.1. The molecule has 4 rings (SSSR count). The highest BCUT2D eigenvalue weighted by Gasteiger charge is 2.06. The van der Waals surface area contributed by atoms with E-state index in [0.717, 1.165) is 11.1 Å². The van der Waals surface area contributed by atoms with Gasteiger partial charge in [0.25, 0.3) is 0 Å². The number of rotatable bonds is 6. The molecule has 142 valence electrons. The number of hydrogen-bond donors (Lipinski definition) is 1. The molecule has 5 nitrogen and oxygen atoms in total. The molecule has 0 aliphatic rings. The van der Waals surface area contributed by atoms with Crippen molar-refractivity contribution in [3.63, 3.8) is 0 Å². The van der Waals surface area contributed by atoms with Crippen LogP contribution in [0.4, 0.5) is 28.4 Å². The third-order valence-corrected chi connectivity index (χ3v) is 4.25. The van der Waals surface area contributed by atoms with Gasteiger partial charge in [0.05, 0.1) is 22.7 Å². The van der Waals surface area contributed by atoms with E-state index in [4.69, 9.17) is 6.85 Å². The summed E-state index contributed by atoms with van der Waals surface area (Å²) in [6, 6.07) is 27.2. The third kappa shape index (κ3) is 4.52. The SMILES string of the molecule is [2H]C([2H])([2H])C([2H])([2H])Nc1ccc2ccccc2c1N=Nc1ccc(N=Nc2ccccc2)cc1. The Labute approximate surface area is 176 Å². The fourth-order valence-corrected chi connectivity index (χ4v) is 2.83. The molecule has 0 saturated carbocycles. The molecular weight excluding hydrogens is 358 g/mol. The first-order valence-electron chi connectivity index (χ1n) is 11.5. The zero-order chi connectivity index (χ0) is 24.2. The van der Waals surface area contributed by atoms with Crippen LogP contribution in [0.2, 0.25) is 0 Å². The van der Waals surface area contributed by atoms with E-state index in [0.29, 0.717) is 22.4 Å². The van der Waals surface area contributed by atoms with E-state index in [1.807, 2.05) is 54.6 Å². The van der Waals surface area contributed by atoms with Crippen LogP contribution in [0, 0.1) is 0 Å². The summed E-state index contributed by atoms with van der Waals surface area (Å²) >= 11 is 0. The van der Waals surface area contributed by atoms with Crippen molar-refractivity contribution in [2.45, 2.75) is 6.85 Å². The molecule has 0 fully saturated rings. The van der Waals surface area contributed by atoms with Crippen LogP contribution in [-0.2, 0) is 0 Å². The average Bonchev–Trinajstić information content (AvgIpc) is 2.82. The molecule has 0 unspecified atom stereocenters. The van der Waals surface area contributed by atoms with Gasteiger partial charge in [0.2, 0.25) is 0 Å². The minimum atomic E-state index is -2.86. The second-order valence-electron chi connectivity index (χ2n) is 6.18. The summed E-state index contributed by atoms with van der Waals surface area (Å²) in [5, 5.41) is 21.1. The van der Waals surface area contributed by atoms with Crippen LogP contribution in [0.1, 0.15) is 13.7 Å². The summed E-state index contributed by atoms with van der Waals surface area (Å²) in [6.07, 6.45) is 0. The summed E-state index contributed by atoms with van der Waals surface area (Å²) in [5.74, 6) is 0. The topological polar surface area (TPSA) is 61.5 Å². The maximum atomic E-state index is 7.94. The van der Waals surface area contributed by atoms with Gasteiger partial charge in [-0.05, 0) is 54.7 Å². The first-order chi connectivity index (χ1) is 16.2. The Balaban J connectivity index is 1.63. The Morgan fingerprint density at radius 2 is 1.31 bits per heavy atom. The van der Waals surface area contributed by atoms with Gasteiger partial charge < -0.3 is 5.32 Å². The summed E-state index contributed by atoms with van der Waals surface area (Å²) in [7, 11) is 0. The molecule has 0 radical (unpaired) electrons. The monoisotopic (exact) mass is 384 g/mol. The normalized spacial score (nSPS) is 15.0. The van der Waals surface area contributed by atoms with Gasteiger partial charge in [-0.15, -0.1) is 5.11 Å². The lowest BCUT2D eigenvalue weighted by Gasteiger charge is -2.09. The minimum absolute atomic E-state index is 0.233. The van der Waals surface area contributed by atoms with E-state index in [2.05, 4.69) is 25.8 Å². The molecule has 4 aromatic rings. The van der Waals surface area contributed by atoms with Crippen molar-refractivity contribution in [3.8, 4) is 0 Å². The summed E-state index contributed by atoms with van der Waals surface area (Å²) in [4.78, 5) is 0. The molecule has 0 bridgehead atoms. The van der Waals surface area contributed by atoms with Crippen LogP contribution in [0.3, 0.4) is 0 Å².